The molecule has 4 heteroatoms. The van der Waals surface area contributed by atoms with Crippen LogP contribution < -0.4 is 10.6 Å². The van der Waals surface area contributed by atoms with E-state index in [1.165, 1.54) is 5.56 Å². The van der Waals surface area contributed by atoms with Gasteiger partial charge < -0.3 is 10.6 Å². The lowest BCUT2D eigenvalue weighted by molar-refractivity contribution is 0.765. The van der Waals surface area contributed by atoms with Crippen molar-refractivity contribution in [3.05, 3.63) is 53.9 Å². The van der Waals surface area contributed by atoms with Crippen molar-refractivity contribution in [2.24, 2.45) is 0 Å². The van der Waals surface area contributed by atoms with E-state index >= 15 is 0 Å². The van der Waals surface area contributed by atoms with Crippen LogP contribution in [0.3, 0.4) is 0 Å². The molecule has 0 saturated heterocycles. The average Bonchev–Trinajstić information content (AvgIpc) is 2.47. The van der Waals surface area contributed by atoms with Crippen molar-refractivity contribution < 1.29 is 0 Å². The summed E-state index contributed by atoms with van der Waals surface area (Å²) in [7, 11) is 0. The van der Waals surface area contributed by atoms with Gasteiger partial charge in [0.25, 0.3) is 0 Å². The summed E-state index contributed by atoms with van der Waals surface area (Å²) in [6, 6.07) is 13.6. The van der Waals surface area contributed by atoms with Gasteiger partial charge in [0.1, 0.15) is 11.8 Å². The zero-order valence-corrected chi connectivity index (χ0v) is 11.6. The molecule has 20 heavy (non-hydrogen) atoms. The van der Waals surface area contributed by atoms with Gasteiger partial charge in [-0.05, 0) is 36.2 Å². The molecule has 0 aliphatic carbocycles. The summed E-state index contributed by atoms with van der Waals surface area (Å²) >= 11 is 0. The van der Waals surface area contributed by atoms with Gasteiger partial charge in [0.2, 0.25) is 0 Å². The SMILES string of the molecule is CCCN(Cc1cccc(N)c1)c1ccc(C#N)nc1. The molecule has 2 N–H and O–H groups in total. The molecule has 2 aromatic rings. The Labute approximate surface area is 119 Å². The van der Waals surface area contributed by atoms with Crippen LogP contribution >= 0.6 is 0 Å². The highest BCUT2D eigenvalue weighted by molar-refractivity contribution is 5.48. The second kappa shape index (κ2) is 6.58. The monoisotopic (exact) mass is 266 g/mol. The zero-order valence-electron chi connectivity index (χ0n) is 11.6. The average molecular weight is 266 g/mol. The third-order valence-electron chi connectivity index (χ3n) is 3.05. The van der Waals surface area contributed by atoms with Crippen molar-refractivity contribution in [2.45, 2.75) is 19.9 Å². The van der Waals surface area contributed by atoms with Gasteiger partial charge in [-0.1, -0.05) is 19.1 Å². The van der Waals surface area contributed by atoms with E-state index in [1.54, 1.807) is 12.3 Å². The number of nitrogens with zero attached hydrogens (tertiary/aromatic N) is 3. The van der Waals surface area contributed by atoms with E-state index in [4.69, 9.17) is 11.0 Å². The molecule has 0 saturated carbocycles. The molecule has 1 aromatic heterocycles. The van der Waals surface area contributed by atoms with Crippen LogP contribution in [0.1, 0.15) is 24.6 Å². The topological polar surface area (TPSA) is 65.9 Å². The van der Waals surface area contributed by atoms with Crippen LogP contribution in [0.25, 0.3) is 0 Å². The van der Waals surface area contributed by atoms with E-state index < -0.39 is 0 Å². The summed E-state index contributed by atoms with van der Waals surface area (Å²) in [6.45, 7) is 3.86. The van der Waals surface area contributed by atoms with Crippen molar-refractivity contribution in [3.8, 4) is 6.07 Å². The highest BCUT2D eigenvalue weighted by Crippen LogP contribution is 2.18. The fraction of sp³-hybridized carbons (Fsp3) is 0.250. The molecule has 4 nitrogen and oxygen atoms in total. The highest BCUT2D eigenvalue weighted by atomic mass is 15.1. The molecule has 0 spiro atoms. The molecule has 0 fully saturated rings. The number of hydrogen-bond donors (Lipinski definition) is 1. The Morgan fingerprint density at radius 3 is 2.75 bits per heavy atom. The van der Waals surface area contributed by atoms with Crippen LogP contribution in [0, 0.1) is 11.3 Å². The number of nitrogen functional groups attached to an aromatic ring is 1. The first-order chi connectivity index (χ1) is 9.72. The van der Waals surface area contributed by atoms with Crippen molar-refractivity contribution >= 4 is 11.4 Å². The van der Waals surface area contributed by atoms with Gasteiger partial charge in [-0.15, -0.1) is 0 Å². The predicted octanol–water partition coefficient (Wildman–Crippen LogP) is 2.95. The third kappa shape index (κ3) is 3.48. The van der Waals surface area contributed by atoms with E-state index in [2.05, 4.69) is 22.9 Å². The molecule has 0 atom stereocenters. The van der Waals surface area contributed by atoms with E-state index in [0.29, 0.717) is 5.69 Å². The lowest BCUT2D eigenvalue weighted by Crippen LogP contribution is -2.23. The Morgan fingerprint density at radius 1 is 1.30 bits per heavy atom. The van der Waals surface area contributed by atoms with Crippen LogP contribution in [-0.2, 0) is 6.54 Å². The molecule has 0 aliphatic heterocycles. The van der Waals surface area contributed by atoms with Crippen LogP contribution in [0.5, 0.6) is 0 Å². The van der Waals surface area contributed by atoms with Crippen molar-refractivity contribution in [3.63, 3.8) is 0 Å². The highest BCUT2D eigenvalue weighted by Gasteiger charge is 2.07. The van der Waals surface area contributed by atoms with E-state index in [1.807, 2.05) is 30.3 Å². The van der Waals surface area contributed by atoms with Crippen LogP contribution in [-0.4, -0.2) is 11.5 Å². The van der Waals surface area contributed by atoms with E-state index in [-0.39, 0.29) is 0 Å². The fourth-order valence-corrected chi connectivity index (χ4v) is 2.12. The summed E-state index contributed by atoms with van der Waals surface area (Å²) in [4.78, 5) is 6.37. The smallest absolute Gasteiger partial charge is 0.140 e. The molecular formula is C16H18N4. The lowest BCUT2D eigenvalue weighted by atomic mass is 10.1. The lowest BCUT2D eigenvalue weighted by Gasteiger charge is -2.24. The Hall–Kier alpha value is -2.54. The van der Waals surface area contributed by atoms with Gasteiger partial charge in [0, 0.05) is 18.8 Å². The van der Waals surface area contributed by atoms with Gasteiger partial charge in [-0.2, -0.15) is 5.26 Å². The molecule has 0 bridgehead atoms. The molecule has 0 radical (unpaired) electrons. The maximum absolute atomic E-state index is 8.80. The minimum atomic E-state index is 0.439. The molecule has 102 valence electrons. The van der Waals surface area contributed by atoms with Gasteiger partial charge >= 0.3 is 0 Å². The summed E-state index contributed by atoms with van der Waals surface area (Å²) in [5, 5.41) is 8.80. The largest absolute Gasteiger partial charge is 0.399 e. The Kier molecular flexibility index (Phi) is 4.56. The van der Waals surface area contributed by atoms with Gasteiger partial charge in [-0.25, -0.2) is 4.98 Å². The fourth-order valence-electron chi connectivity index (χ4n) is 2.12. The molecule has 2 rings (SSSR count). The number of pyridine rings is 1. The summed E-state index contributed by atoms with van der Waals surface area (Å²) in [6.07, 6.45) is 2.79. The normalized spacial score (nSPS) is 10.0. The maximum Gasteiger partial charge on any atom is 0.140 e. The molecule has 1 aromatic carbocycles. The molecule has 1 heterocycles. The molecule has 0 aliphatic rings. The first kappa shape index (κ1) is 13.9. The van der Waals surface area contributed by atoms with Crippen LogP contribution in [0.4, 0.5) is 11.4 Å². The first-order valence-electron chi connectivity index (χ1n) is 6.68. The Bertz CT molecular complexity index is 599. The van der Waals surface area contributed by atoms with E-state index in [9.17, 15) is 0 Å². The summed E-state index contributed by atoms with van der Waals surface area (Å²) < 4.78 is 0. The van der Waals surface area contributed by atoms with Gasteiger partial charge in [0.15, 0.2) is 0 Å². The minimum absolute atomic E-state index is 0.439. The number of anilines is 2. The summed E-state index contributed by atoms with van der Waals surface area (Å²) in [5.74, 6) is 0. The maximum atomic E-state index is 8.80. The van der Waals surface area contributed by atoms with Crippen LogP contribution in [0.2, 0.25) is 0 Å². The van der Waals surface area contributed by atoms with Crippen molar-refractivity contribution in [2.75, 3.05) is 17.2 Å². The van der Waals surface area contributed by atoms with E-state index in [0.717, 1.165) is 30.9 Å². The predicted molar refractivity (Wildman–Crippen MR) is 81.1 cm³/mol. The number of hydrogen-bond acceptors (Lipinski definition) is 4. The number of benzene rings is 1. The quantitative estimate of drug-likeness (QED) is 0.845. The second-order valence-electron chi connectivity index (χ2n) is 4.68. The van der Waals surface area contributed by atoms with Gasteiger partial charge in [0.05, 0.1) is 11.9 Å². The molecule has 0 unspecified atom stereocenters. The third-order valence-corrected chi connectivity index (χ3v) is 3.05. The number of aromatic nitrogens is 1. The minimum Gasteiger partial charge on any atom is -0.399 e. The van der Waals surface area contributed by atoms with Crippen molar-refractivity contribution in [1.29, 1.82) is 5.26 Å². The van der Waals surface area contributed by atoms with Crippen molar-refractivity contribution in [1.82, 2.24) is 4.98 Å². The zero-order chi connectivity index (χ0) is 14.4. The molecular weight excluding hydrogens is 248 g/mol. The molecule has 0 amide bonds. The number of rotatable bonds is 5. The Morgan fingerprint density at radius 2 is 2.15 bits per heavy atom. The Balaban J connectivity index is 2.19. The second-order valence-corrected chi connectivity index (χ2v) is 4.68. The van der Waals surface area contributed by atoms with Crippen LogP contribution in [0.15, 0.2) is 42.6 Å². The standard InChI is InChI=1S/C16H18N4/c1-2-8-20(12-13-4-3-5-14(18)9-13)16-7-6-15(10-17)19-11-16/h3-7,9,11H,2,8,12,18H2,1H3. The number of nitrogens with two attached hydrogens (primary N) is 1. The first-order valence-corrected chi connectivity index (χ1v) is 6.68. The summed E-state index contributed by atoms with van der Waals surface area (Å²) in [5.41, 5.74) is 9.22. The number of nitriles is 1. The van der Waals surface area contributed by atoms with Gasteiger partial charge in [-0.3, -0.25) is 0 Å².